The highest BCUT2D eigenvalue weighted by molar-refractivity contribution is 5.79. The minimum atomic E-state index is -0.417. The Morgan fingerprint density at radius 1 is 0.872 bits per heavy atom. The second-order valence-corrected chi connectivity index (χ2v) is 11.4. The zero-order valence-electron chi connectivity index (χ0n) is 22.9. The number of hydrogen-bond donors (Lipinski definition) is 2. The molecule has 0 unspecified atom stereocenters. The molecule has 1 heterocycles. The molecule has 2 N–H and O–H groups in total. The first-order valence-electron chi connectivity index (χ1n) is 13.6. The Hall–Kier alpha value is -3.84. The first-order valence-corrected chi connectivity index (χ1v) is 13.6. The summed E-state index contributed by atoms with van der Waals surface area (Å²) < 4.78 is 11.2. The number of carbonyl (C=O) groups excluding carboxylic acids is 2. The molecule has 0 saturated carbocycles. The Morgan fingerprint density at radius 2 is 1.49 bits per heavy atom. The minimum absolute atomic E-state index is 0.0471. The highest BCUT2D eigenvalue weighted by Crippen LogP contribution is 2.44. The van der Waals surface area contributed by atoms with E-state index in [-0.39, 0.29) is 23.7 Å². The van der Waals surface area contributed by atoms with E-state index >= 15 is 0 Å². The first kappa shape index (κ1) is 26.8. The number of benzene rings is 3. The predicted molar refractivity (Wildman–Crippen MR) is 151 cm³/mol. The molecule has 3 aromatic carbocycles. The van der Waals surface area contributed by atoms with Gasteiger partial charge in [0.25, 0.3) is 0 Å². The molecule has 0 radical (unpaired) electrons. The summed E-state index contributed by atoms with van der Waals surface area (Å²) in [5.41, 5.74) is 6.71. The molecule has 5 rings (SSSR count). The van der Waals surface area contributed by atoms with Crippen LogP contribution in [0.25, 0.3) is 11.1 Å². The van der Waals surface area contributed by atoms with E-state index in [0.29, 0.717) is 13.2 Å². The van der Waals surface area contributed by atoms with Gasteiger partial charge in [-0.05, 0) is 60.6 Å². The molecule has 2 aliphatic rings. The Bertz CT molecular complexity index is 1270. The van der Waals surface area contributed by atoms with E-state index in [9.17, 15) is 9.59 Å². The van der Waals surface area contributed by atoms with Crippen LogP contribution in [0.5, 0.6) is 0 Å². The second kappa shape index (κ2) is 11.5. The van der Waals surface area contributed by atoms with Crippen molar-refractivity contribution in [2.45, 2.75) is 57.8 Å². The van der Waals surface area contributed by atoms with Crippen LogP contribution in [-0.4, -0.2) is 48.4 Å². The molecular weight excluding hydrogens is 490 g/mol. The number of alkyl carbamates (subject to hydrolysis) is 2. The predicted octanol–water partition coefficient (Wildman–Crippen LogP) is 5.82. The maximum atomic E-state index is 12.5. The summed E-state index contributed by atoms with van der Waals surface area (Å²) in [6, 6.07) is 24.8. The Labute approximate surface area is 230 Å². The average Bonchev–Trinajstić information content (AvgIpc) is 3.47. The van der Waals surface area contributed by atoms with Gasteiger partial charge in [-0.25, -0.2) is 9.59 Å². The summed E-state index contributed by atoms with van der Waals surface area (Å²) in [6.07, 6.45) is -0.0325. The van der Waals surface area contributed by atoms with E-state index < -0.39 is 6.09 Å². The molecule has 7 heteroatoms. The van der Waals surface area contributed by atoms with Gasteiger partial charge >= 0.3 is 12.2 Å². The topological polar surface area (TPSA) is 79.9 Å². The largest absolute Gasteiger partial charge is 0.449 e. The van der Waals surface area contributed by atoms with Gasteiger partial charge in [-0.15, -0.1) is 0 Å². The molecule has 0 aromatic heterocycles. The third-order valence-corrected chi connectivity index (χ3v) is 7.19. The van der Waals surface area contributed by atoms with E-state index in [0.717, 1.165) is 31.6 Å². The van der Waals surface area contributed by atoms with Gasteiger partial charge < -0.3 is 20.1 Å². The smallest absolute Gasteiger partial charge is 0.407 e. The first-order chi connectivity index (χ1) is 18.7. The summed E-state index contributed by atoms with van der Waals surface area (Å²) in [6.45, 7) is 8.92. The maximum absolute atomic E-state index is 12.5. The number of hydrogen-bond acceptors (Lipinski definition) is 5. The lowest BCUT2D eigenvalue weighted by Crippen LogP contribution is -2.42. The lowest BCUT2D eigenvalue weighted by atomic mass is 9.98. The number of carbonyl (C=O) groups is 2. The molecule has 1 aliphatic heterocycles. The van der Waals surface area contributed by atoms with Crippen molar-refractivity contribution < 1.29 is 19.1 Å². The summed E-state index contributed by atoms with van der Waals surface area (Å²) in [7, 11) is 0. The highest BCUT2D eigenvalue weighted by Gasteiger charge is 2.29. The van der Waals surface area contributed by atoms with E-state index in [1.807, 2.05) is 57.2 Å². The number of rotatable bonds is 7. The van der Waals surface area contributed by atoms with Crippen LogP contribution >= 0.6 is 0 Å². The van der Waals surface area contributed by atoms with E-state index in [1.54, 1.807) is 0 Å². The molecule has 1 aliphatic carbocycles. The summed E-state index contributed by atoms with van der Waals surface area (Å²) in [5.74, 6) is 0.0471. The number of fused-ring (bicyclic) bond motifs is 3. The number of nitrogens with zero attached hydrogens (tertiary/aromatic N) is 1. The van der Waals surface area contributed by atoms with Crippen molar-refractivity contribution in [1.29, 1.82) is 0 Å². The number of nitrogens with one attached hydrogen (secondary N) is 2. The van der Waals surface area contributed by atoms with Crippen LogP contribution in [0.15, 0.2) is 72.8 Å². The van der Waals surface area contributed by atoms with Gasteiger partial charge in [0.2, 0.25) is 0 Å². The fourth-order valence-electron chi connectivity index (χ4n) is 5.37. The SMILES string of the molecule is CC(C)(C)NC(=O)O[C@H]1CCN(Cc2ccc(CNC(=O)OCC3c4ccccc4-c4ccccc43)cc2)C1. The summed E-state index contributed by atoms with van der Waals surface area (Å²) in [4.78, 5) is 26.8. The van der Waals surface area contributed by atoms with Crippen molar-refractivity contribution in [3.05, 3.63) is 95.1 Å². The second-order valence-electron chi connectivity index (χ2n) is 11.4. The van der Waals surface area contributed by atoms with Crippen LogP contribution in [0.1, 0.15) is 55.4 Å². The minimum Gasteiger partial charge on any atom is -0.449 e. The van der Waals surface area contributed by atoms with Crippen LogP contribution in [0.3, 0.4) is 0 Å². The zero-order valence-corrected chi connectivity index (χ0v) is 22.9. The van der Waals surface area contributed by atoms with Crippen LogP contribution < -0.4 is 10.6 Å². The van der Waals surface area contributed by atoms with E-state index in [4.69, 9.17) is 9.47 Å². The van der Waals surface area contributed by atoms with Crippen LogP contribution in [-0.2, 0) is 22.6 Å². The van der Waals surface area contributed by atoms with Gasteiger partial charge in [-0.3, -0.25) is 4.90 Å². The van der Waals surface area contributed by atoms with Crippen LogP contribution in [0.4, 0.5) is 9.59 Å². The van der Waals surface area contributed by atoms with Gasteiger partial charge in [0, 0.05) is 37.6 Å². The van der Waals surface area contributed by atoms with Crippen molar-refractivity contribution in [3.8, 4) is 11.1 Å². The summed E-state index contributed by atoms with van der Waals surface area (Å²) in [5, 5.41) is 5.73. The fraction of sp³-hybridized carbons (Fsp3) is 0.375. The molecule has 2 amide bonds. The molecule has 39 heavy (non-hydrogen) atoms. The molecule has 204 valence electrons. The number of likely N-dealkylation sites (tertiary alicyclic amines) is 1. The van der Waals surface area contributed by atoms with Crippen molar-refractivity contribution in [3.63, 3.8) is 0 Å². The van der Waals surface area contributed by atoms with Gasteiger partial charge in [-0.2, -0.15) is 0 Å². The third kappa shape index (κ3) is 6.79. The van der Waals surface area contributed by atoms with Gasteiger partial charge in [0.1, 0.15) is 12.7 Å². The maximum Gasteiger partial charge on any atom is 0.407 e. The lowest BCUT2D eigenvalue weighted by Gasteiger charge is -2.22. The van der Waals surface area contributed by atoms with E-state index in [1.165, 1.54) is 27.8 Å². The molecule has 1 fully saturated rings. The number of amides is 2. The van der Waals surface area contributed by atoms with Crippen LogP contribution in [0, 0.1) is 0 Å². The molecule has 7 nitrogen and oxygen atoms in total. The van der Waals surface area contributed by atoms with Gasteiger partial charge in [-0.1, -0.05) is 72.8 Å². The Balaban J connectivity index is 1.06. The molecule has 0 bridgehead atoms. The zero-order chi connectivity index (χ0) is 27.4. The molecular formula is C32H37N3O4. The third-order valence-electron chi connectivity index (χ3n) is 7.19. The Morgan fingerprint density at radius 3 is 2.13 bits per heavy atom. The quantitative estimate of drug-likeness (QED) is 0.405. The fourth-order valence-corrected chi connectivity index (χ4v) is 5.37. The molecule has 0 spiro atoms. The molecule has 1 saturated heterocycles. The lowest BCUT2D eigenvalue weighted by molar-refractivity contribution is 0.0937. The van der Waals surface area contributed by atoms with Crippen molar-refractivity contribution in [2.24, 2.45) is 0 Å². The van der Waals surface area contributed by atoms with Crippen LogP contribution in [0.2, 0.25) is 0 Å². The van der Waals surface area contributed by atoms with Crippen molar-refractivity contribution in [2.75, 3.05) is 19.7 Å². The standard InChI is InChI=1S/C32H37N3O4/c1-32(2,3)34-31(37)39-24-16-17-35(20-24)19-23-14-12-22(13-15-23)18-33-30(36)38-21-29-27-10-6-4-8-25(27)26-9-5-7-11-28(26)29/h4-15,24,29H,16-21H2,1-3H3,(H,33,36)(H,34,37)/t24-/m0/s1. The normalized spacial score (nSPS) is 16.8. The van der Waals surface area contributed by atoms with Gasteiger partial charge in [0.05, 0.1) is 0 Å². The highest BCUT2D eigenvalue weighted by atomic mass is 16.6. The summed E-state index contributed by atoms with van der Waals surface area (Å²) >= 11 is 0. The molecule has 1 atom stereocenters. The monoisotopic (exact) mass is 527 g/mol. The molecule has 3 aromatic rings. The van der Waals surface area contributed by atoms with Crippen molar-refractivity contribution >= 4 is 12.2 Å². The van der Waals surface area contributed by atoms with Crippen molar-refractivity contribution in [1.82, 2.24) is 15.5 Å². The van der Waals surface area contributed by atoms with Gasteiger partial charge in [0.15, 0.2) is 0 Å². The average molecular weight is 528 g/mol. The Kier molecular flexibility index (Phi) is 7.89. The number of ether oxygens (including phenoxy) is 2. The van der Waals surface area contributed by atoms with E-state index in [2.05, 4.69) is 51.9 Å².